The van der Waals surface area contributed by atoms with Gasteiger partial charge in [0.15, 0.2) is 16.9 Å². The highest BCUT2D eigenvalue weighted by Crippen LogP contribution is 2.17. The Hall–Kier alpha value is -3.53. The summed E-state index contributed by atoms with van der Waals surface area (Å²) in [5.74, 6) is 0.724. The smallest absolute Gasteiger partial charge is 0.332 e. The summed E-state index contributed by atoms with van der Waals surface area (Å²) in [4.78, 5) is 35.1. The first-order valence-electron chi connectivity index (χ1n) is 9.12. The fourth-order valence-corrected chi connectivity index (χ4v) is 3.21. The van der Waals surface area contributed by atoms with Gasteiger partial charge in [0.05, 0.1) is 18.6 Å². The molecule has 10 heteroatoms. The summed E-state index contributed by atoms with van der Waals surface area (Å²) in [5.41, 5.74) is 1.52. The summed E-state index contributed by atoms with van der Waals surface area (Å²) in [7, 11) is 5.03. The molecule has 0 aliphatic heterocycles. The van der Waals surface area contributed by atoms with Crippen LogP contribution in [0.3, 0.4) is 0 Å². The quantitative estimate of drug-likeness (QED) is 0.471. The molecule has 0 aromatic carbocycles. The van der Waals surface area contributed by atoms with Gasteiger partial charge in [0.25, 0.3) is 5.56 Å². The van der Waals surface area contributed by atoms with Crippen molar-refractivity contribution in [2.24, 2.45) is 14.1 Å². The van der Waals surface area contributed by atoms with Gasteiger partial charge >= 0.3 is 5.69 Å². The van der Waals surface area contributed by atoms with Crippen molar-refractivity contribution in [3.8, 4) is 11.4 Å². The van der Waals surface area contributed by atoms with E-state index in [1.54, 1.807) is 24.1 Å². The number of hydrogen-bond acceptors (Lipinski definition) is 7. The fraction of sp³-hybridized carbons (Fsp3) is 0.316. The number of likely N-dealkylation sites (N-methyl/N-ethyl adjacent to an activating group) is 1. The van der Waals surface area contributed by atoms with Gasteiger partial charge in [-0.1, -0.05) is 11.2 Å². The van der Waals surface area contributed by atoms with Crippen molar-refractivity contribution in [2.45, 2.75) is 13.1 Å². The van der Waals surface area contributed by atoms with Crippen molar-refractivity contribution < 1.29 is 4.52 Å². The Kier molecular flexibility index (Phi) is 4.85. The SMILES string of the molecule is CN(CCn1cnc2c1c(=O)n(C)c(=O)n2C)Cc1cc(-c2ccccn2)no1. The van der Waals surface area contributed by atoms with Crippen LogP contribution in [0, 0.1) is 0 Å². The molecule has 0 saturated heterocycles. The van der Waals surface area contributed by atoms with Gasteiger partial charge < -0.3 is 9.09 Å². The minimum Gasteiger partial charge on any atom is -0.359 e. The van der Waals surface area contributed by atoms with Crippen molar-refractivity contribution in [2.75, 3.05) is 13.6 Å². The van der Waals surface area contributed by atoms with Crippen LogP contribution in [0.4, 0.5) is 0 Å². The van der Waals surface area contributed by atoms with E-state index < -0.39 is 0 Å². The second-order valence-corrected chi connectivity index (χ2v) is 6.95. The van der Waals surface area contributed by atoms with Crippen LogP contribution in [0.15, 0.2) is 50.9 Å². The summed E-state index contributed by atoms with van der Waals surface area (Å²) in [5, 5.41) is 4.07. The Morgan fingerprint density at radius 3 is 2.69 bits per heavy atom. The Labute approximate surface area is 165 Å². The highest BCUT2D eigenvalue weighted by molar-refractivity contribution is 5.69. The highest BCUT2D eigenvalue weighted by Gasteiger charge is 2.15. The van der Waals surface area contributed by atoms with Crippen LogP contribution >= 0.6 is 0 Å². The van der Waals surface area contributed by atoms with E-state index in [0.717, 1.165) is 16.0 Å². The molecule has 4 aromatic rings. The molecule has 0 aliphatic carbocycles. The maximum atomic E-state index is 12.5. The first kappa shape index (κ1) is 18.8. The molecule has 0 atom stereocenters. The Bertz CT molecular complexity index is 1270. The standard InChI is InChI=1S/C19H21N7O3/c1-23(11-13-10-15(22-29-13)14-6-4-5-7-20-14)8-9-26-12-21-17-16(26)18(27)25(3)19(28)24(17)2/h4-7,10,12H,8-9,11H2,1-3H3. The second-order valence-electron chi connectivity index (χ2n) is 6.95. The molecule has 0 saturated carbocycles. The number of rotatable bonds is 6. The monoisotopic (exact) mass is 395 g/mol. The third kappa shape index (κ3) is 3.49. The van der Waals surface area contributed by atoms with E-state index in [1.807, 2.05) is 31.3 Å². The normalized spacial score (nSPS) is 11.6. The van der Waals surface area contributed by atoms with Gasteiger partial charge in [-0.2, -0.15) is 0 Å². The zero-order chi connectivity index (χ0) is 20.5. The number of fused-ring (bicyclic) bond motifs is 1. The second kappa shape index (κ2) is 7.47. The van der Waals surface area contributed by atoms with E-state index in [1.165, 1.54) is 11.6 Å². The van der Waals surface area contributed by atoms with Gasteiger partial charge in [0.1, 0.15) is 5.69 Å². The molecule has 0 spiro atoms. The van der Waals surface area contributed by atoms with Crippen LogP contribution in [0.1, 0.15) is 5.76 Å². The molecular formula is C19H21N7O3. The van der Waals surface area contributed by atoms with E-state index in [-0.39, 0.29) is 11.2 Å². The predicted molar refractivity (Wildman–Crippen MR) is 106 cm³/mol. The van der Waals surface area contributed by atoms with Crippen molar-refractivity contribution in [1.82, 2.24) is 33.7 Å². The molecule has 4 rings (SSSR count). The third-order valence-corrected chi connectivity index (χ3v) is 4.85. The van der Waals surface area contributed by atoms with Crippen LogP contribution in [0.25, 0.3) is 22.6 Å². The molecule has 10 nitrogen and oxygen atoms in total. The third-order valence-electron chi connectivity index (χ3n) is 4.85. The number of imidazole rings is 1. The molecular weight excluding hydrogens is 374 g/mol. The molecule has 0 unspecified atom stereocenters. The fourth-order valence-electron chi connectivity index (χ4n) is 3.21. The Morgan fingerprint density at radius 1 is 1.10 bits per heavy atom. The Balaban J connectivity index is 1.47. The lowest BCUT2D eigenvalue weighted by Crippen LogP contribution is -2.37. The van der Waals surface area contributed by atoms with Gasteiger partial charge in [-0.15, -0.1) is 0 Å². The molecule has 0 fully saturated rings. The summed E-state index contributed by atoms with van der Waals surface area (Å²) in [6.45, 7) is 1.75. The van der Waals surface area contributed by atoms with Gasteiger partial charge in [0, 0.05) is 39.4 Å². The lowest BCUT2D eigenvalue weighted by atomic mass is 10.2. The van der Waals surface area contributed by atoms with E-state index >= 15 is 0 Å². The van der Waals surface area contributed by atoms with E-state index in [9.17, 15) is 9.59 Å². The van der Waals surface area contributed by atoms with Crippen molar-refractivity contribution in [3.63, 3.8) is 0 Å². The zero-order valence-electron chi connectivity index (χ0n) is 16.4. The number of pyridine rings is 1. The Morgan fingerprint density at radius 2 is 1.93 bits per heavy atom. The predicted octanol–water partition coefficient (Wildman–Crippen LogP) is 0.616. The minimum atomic E-state index is -0.390. The summed E-state index contributed by atoms with van der Waals surface area (Å²) in [6, 6.07) is 7.50. The number of aromatic nitrogens is 6. The maximum absolute atomic E-state index is 12.5. The van der Waals surface area contributed by atoms with Gasteiger partial charge in [-0.25, -0.2) is 9.78 Å². The van der Waals surface area contributed by atoms with Crippen LogP contribution < -0.4 is 11.2 Å². The molecule has 4 aromatic heterocycles. The average molecular weight is 395 g/mol. The largest absolute Gasteiger partial charge is 0.359 e. The topological polar surface area (TPSA) is 104 Å². The summed E-state index contributed by atoms with van der Waals surface area (Å²) in [6.07, 6.45) is 3.30. The molecule has 4 heterocycles. The van der Waals surface area contributed by atoms with Gasteiger partial charge in [-0.05, 0) is 19.2 Å². The summed E-state index contributed by atoms with van der Waals surface area (Å²) < 4.78 is 9.66. The summed E-state index contributed by atoms with van der Waals surface area (Å²) >= 11 is 0. The molecule has 29 heavy (non-hydrogen) atoms. The number of nitrogens with zero attached hydrogens (tertiary/aromatic N) is 7. The van der Waals surface area contributed by atoms with Crippen molar-refractivity contribution in [3.05, 3.63) is 63.4 Å². The molecule has 0 bridgehead atoms. The van der Waals surface area contributed by atoms with E-state index in [4.69, 9.17) is 4.52 Å². The van der Waals surface area contributed by atoms with Crippen molar-refractivity contribution >= 4 is 11.2 Å². The van der Waals surface area contributed by atoms with Crippen LogP contribution in [-0.2, 0) is 27.2 Å². The first-order chi connectivity index (χ1) is 14.0. The molecule has 0 N–H and O–H groups in total. The number of hydrogen-bond donors (Lipinski definition) is 0. The van der Waals surface area contributed by atoms with Crippen molar-refractivity contribution in [1.29, 1.82) is 0 Å². The molecule has 0 amide bonds. The lowest BCUT2D eigenvalue weighted by molar-refractivity contribution is 0.265. The zero-order valence-corrected chi connectivity index (χ0v) is 16.4. The van der Waals surface area contributed by atoms with Gasteiger partial charge in [-0.3, -0.25) is 23.8 Å². The maximum Gasteiger partial charge on any atom is 0.332 e. The highest BCUT2D eigenvalue weighted by atomic mass is 16.5. The average Bonchev–Trinajstić information content (AvgIpc) is 3.37. The lowest BCUT2D eigenvalue weighted by Gasteiger charge is -2.15. The number of aryl methyl sites for hydroxylation is 1. The van der Waals surface area contributed by atoms with E-state index in [0.29, 0.717) is 36.5 Å². The van der Waals surface area contributed by atoms with E-state index in [2.05, 4.69) is 20.0 Å². The van der Waals surface area contributed by atoms with Crippen LogP contribution in [0.5, 0.6) is 0 Å². The van der Waals surface area contributed by atoms with Crippen LogP contribution in [0.2, 0.25) is 0 Å². The molecule has 0 aliphatic rings. The minimum absolute atomic E-state index is 0.349. The van der Waals surface area contributed by atoms with Gasteiger partial charge in [0.2, 0.25) is 0 Å². The van der Waals surface area contributed by atoms with Crippen LogP contribution in [-0.4, -0.2) is 47.3 Å². The molecule has 150 valence electrons. The first-order valence-corrected chi connectivity index (χ1v) is 9.12. The molecule has 0 radical (unpaired) electrons.